The quantitative estimate of drug-likeness (QED) is 0.758. The third-order valence-electron chi connectivity index (χ3n) is 5.71. The van der Waals surface area contributed by atoms with Gasteiger partial charge in [0.2, 0.25) is 5.91 Å². The molecule has 6 heteroatoms. The lowest BCUT2D eigenvalue weighted by molar-refractivity contribution is -0.125. The van der Waals surface area contributed by atoms with E-state index >= 15 is 0 Å². The SMILES string of the molecule is COc1ccccc1C1(NC(=O)C2CC(c3ccccn3)NN2)CCCC1. The summed E-state index contributed by atoms with van der Waals surface area (Å²) in [7, 11) is 1.68. The van der Waals surface area contributed by atoms with E-state index in [1.807, 2.05) is 36.4 Å². The number of hydrogen-bond acceptors (Lipinski definition) is 5. The van der Waals surface area contributed by atoms with E-state index in [4.69, 9.17) is 4.74 Å². The number of benzene rings is 1. The lowest BCUT2D eigenvalue weighted by atomic mass is 9.86. The summed E-state index contributed by atoms with van der Waals surface area (Å²) in [6.07, 6.45) is 6.52. The summed E-state index contributed by atoms with van der Waals surface area (Å²) in [6, 6.07) is 13.6. The van der Waals surface area contributed by atoms with Gasteiger partial charge in [-0.3, -0.25) is 9.78 Å². The summed E-state index contributed by atoms with van der Waals surface area (Å²) in [4.78, 5) is 17.5. The highest BCUT2D eigenvalue weighted by Gasteiger charge is 2.41. The number of methoxy groups -OCH3 is 1. The van der Waals surface area contributed by atoms with Crippen molar-refractivity contribution >= 4 is 5.91 Å². The maximum absolute atomic E-state index is 13.1. The van der Waals surface area contributed by atoms with Gasteiger partial charge in [0.25, 0.3) is 0 Å². The zero-order valence-electron chi connectivity index (χ0n) is 15.6. The number of nitrogens with zero attached hydrogens (tertiary/aromatic N) is 1. The van der Waals surface area contributed by atoms with Crippen LogP contribution in [0.2, 0.25) is 0 Å². The number of rotatable bonds is 5. The molecule has 1 aliphatic heterocycles. The molecule has 6 nitrogen and oxygen atoms in total. The molecule has 1 aromatic heterocycles. The molecule has 2 atom stereocenters. The minimum Gasteiger partial charge on any atom is -0.496 e. The van der Waals surface area contributed by atoms with Crippen molar-refractivity contribution in [2.24, 2.45) is 0 Å². The predicted octanol–water partition coefficient (Wildman–Crippen LogP) is 2.58. The number of nitrogens with one attached hydrogen (secondary N) is 3. The van der Waals surface area contributed by atoms with Gasteiger partial charge in [-0.2, -0.15) is 0 Å². The third-order valence-corrected chi connectivity index (χ3v) is 5.71. The van der Waals surface area contributed by atoms with E-state index in [-0.39, 0.29) is 23.5 Å². The maximum atomic E-state index is 13.1. The van der Waals surface area contributed by atoms with Crippen LogP contribution in [0, 0.1) is 0 Å². The van der Waals surface area contributed by atoms with E-state index < -0.39 is 0 Å². The highest BCUT2D eigenvalue weighted by molar-refractivity contribution is 5.83. The first-order valence-corrected chi connectivity index (χ1v) is 9.59. The summed E-state index contributed by atoms with van der Waals surface area (Å²) in [5, 5.41) is 3.36. The molecule has 1 amide bonds. The molecule has 2 fully saturated rings. The van der Waals surface area contributed by atoms with E-state index in [0.29, 0.717) is 6.42 Å². The van der Waals surface area contributed by atoms with Crippen molar-refractivity contribution in [1.82, 2.24) is 21.2 Å². The standard InChI is InChI=1S/C21H26N4O2/c1-27-19-10-3-2-8-15(19)21(11-5-6-12-21)23-20(26)18-14-17(24-25-18)16-9-4-7-13-22-16/h2-4,7-10,13,17-18,24-25H,5-6,11-12,14H2,1H3,(H,23,26). The second-order valence-electron chi connectivity index (χ2n) is 7.36. The summed E-state index contributed by atoms with van der Waals surface area (Å²) >= 11 is 0. The van der Waals surface area contributed by atoms with Crippen molar-refractivity contribution in [1.29, 1.82) is 0 Å². The molecule has 2 unspecified atom stereocenters. The van der Waals surface area contributed by atoms with Gasteiger partial charge in [-0.25, -0.2) is 10.9 Å². The first-order chi connectivity index (χ1) is 13.2. The Bertz CT molecular complexity index is 790. The van der Waals surface area contributed by atoms with Gasteiger partial charge in [-0.1, -0.05) is 37.1 Å². The van der Waals surface area contributed by atoms with Crippen molar-refractivity contribution in [3.05, 3.63) is 59.9 Å². The number of amides is 1. The average Bonchev–Trinajstić information content (AvgIpc) is 3.39. The summed E-state index contributed by atoms with van der Waals surface area (Å²) in [6.45, 7) is 0. The van der Waals surface area contributed by atoms with Crippen LogP contribution >= 0.6 is 0 Å². The number of para-hydroxylation sites is 1. The normalized spacial score (nSPS) is 23.9. The van der Waals surface area contributed by atoms with Gasteiger partial charge in [0.1, 0.15) is 11.8 Å². The summed E-state index contributed by atoms with van der Waals surface area (Å²) < 4.78 is 5.58. The van der Waals surface area contributed by atoms with Gasteiger partial charge in [0.15, 0.2) is 0 Å². The fraction of sp³-hybridized carbons (Fsp3) is 0.429. The molecule has 1 saturated carbocycles. The third kappa shape index (κ3) is 3.55. The maximum Gasteiger partial charge on any atom is 0.239 e. The molecule has 1 saturated heterocycles. The first-order valence-electron chi connectivity index (χ1n) is 9.59. The Labute approximate surface area is 159 Å². The molecule has 0 radical (unpaired) electrons. The predicted molar refractivity (Wildman–Crippen MR) is 103 cm³/mol. The minimum absolute atomic E-state index is 0.0220. The summed E-state index contributed by atoms with van der Waals surface area (Å²) in [5.74, 6) is 0.859. The molecule has 1 aliphatic carbocycles. The number of hydrogen-bond donors (Lipinski definition) is 3. The summed E-state index contributed by atoms with van der Waals surface area (Å²) in [5.41, 5.74) is 8.02. The fourth-order valence-corrected chi connectivity index (χ4v) is 4.31. The molecule has 27 heavy (non-hydrogen) atoms. The van der Waals surface area contributed by atoms with Crippen LogP contribution in [-0.4, -0.2) is 24.0 Å². The smallest absolute Gasteiger partial charge is 0.239 e. The van der Waals surface area contributed by atoms with Crippen LogP contribution in [-0.2, 0) is 10.3 Å². The molecule has 4 rings (SSSR count). The van der Waals surface area contributed by atoms with Gasteiger partial charge in [-0.15, -0.1) is 0 Å². The van der Waals surface area contributed by atoms with Gasteiger partial charge in [0.05, 0.1) is 24.4 Å². The van der Waals surface area contributed by atoms with Crippen LogP contribution in [0.15, 0.2) is 48.7 Å². The molecule has 1 aromatic carbocycles. The number of aromatic nitrogens is 1. The average molecular weight is 366 g/mol. The molecule has 2 aliphatic rings. The molecular weight excluding hydrogens is 340 g/mol. The van der Waals surface area contributed by atoms with E-state index in [1.165, 1.54) is 0 Å². The Morgan fingerprint density at radius 2 is 1.93 bits per heavy atom. The van der Waals surface area contributed by atoms with Gasteiger partial charge in [0, 0.05) is 11.8 Å². The topological polar surface area (TPSA) is 75.3 Å². The Balaban J connectivity index is 1.50. The second kappa shape index (κ2) is 7.66. The van der Waals surface area contributed by atoms with Crippen LogP contribution in [0.3, 0.4) is 0 Å². The Kier molecular flexibility index (Phi) is 5.09. The van der Waals surface area contributed by atoms with E-state index in [0.717, 1.165) is 42.7 Å². The number of pyridine rings is 1. The Morgan fingerprint density at radius 3 is 2.67 bits per heavy atom. The number of carbonyl (C=O) groups is 1. The fourth-order valence-electron chi connectivity index (χ4n) is 4.31. The molecule has 3 N–H and O–H groups in total. The Morgan fingerprint density at radius 1 is 1.15 bits per heavy atom. The Hall–Kier alpha value is -2.44. The number of ether oxygens (including phenoxy) is 1. The number of carbonyl (C=O) groups excluding carboxylic acids is 1. The second-order valence-corrected chi connectivity index (χ2v) is 7.36. The van der Waals surface area contributed by atoms with Crippen molar-refractivity contribution < 1.29 is 9.53 Å². The van der Waals surface area contributed by atoms with Crippen molar-refractivity contribution in [2.75, 3.05) is 7.11 Å². The van der Waals surface area contributed by atoms with Crippen molar-refractivity contribution in [3.63, 3.8) is 0 Å². The molecule has 0 bridgehead atoms. The van der Waals surface area contributed by atoms with Crippen LogP contribution in [0.1, 0.15) is 49.4 Å². The lowest BCUT2D eigenvalue weighted by Gasteiger charge is -2.33. The van der Waals surface area contributed by atoms with E-state index in [2.05, 4.69) is 27.2 Å². The zero-order valence-corrected chi connectivity index (χ0v) is 15.6. The van der Waals surface area contributed by atoms with Gasteiger partial charge in [-0.05, 0) is 37.5 Å². The van der Waals surface area contributed by atoms with Crippen LogP contribution in [0.4, 0.5) is 0 Å². The highest BCUT2D eigenvalue weighted by Crippen LogP contribution is 2.42. The van der Waals surface area contributed by atoms with Crippen molar-refractivity contribution in [2.45, 2.75) is 49.7 Å². The molecule has 2 aromatic rings. The molecule has 2 heterocycles. The lowest BCUT2D eigenvalue weighted by Crippen LogP contribution is -2.51. The van der Waals surface area contributed by atoms with Crippen molar-refractivity contribution in [3.8, 4) is 5.75 Å². The largest absolute Gasteiger partial charge is 0.496 e. The van der Waals surface area contributed by atoms with Crippen LogP contribution in [0.5, 0.6) is 5.75 Å². The van der Waals surface area contributed by atoms with E-state index in [1.54, 1.807) is 13.3 Å². The van der Waals surface area contributed by atoms with E-state index in [9.17, 15) is 4.79 Å². The highest BCUT2D eigenvalue weighted by atomic mass is 16.5. The number of hydrazine groups is 1. The zero-order chi connectivity index (χ0) is 18.7. The van der Waals surface area contributed by atoms with Gasteiger partial charge < -0.3 is 10.1 Å². The molecule has 142 valence electrons. The molecule has 0 spiro atoms. The minimum atomic E-state index is -0.353. The van der Waals surface area contributed by atoms with Gasteiger partial charge >= 0.3 is 0 Å². The first kappa shape index (κ1) is 17.9. The van der Waals surface area contributed by atoms with Crippen LogP contribution < -0.4 is 20.9 Å². The van der Waals surface area contributed by atoms with Crippen LogP contribution in [0.25, 0.3) is 0 Å². The monoisotopic (exact) mass is 366 g/mol. The molecular formula is C21H26N4O2.